The van der Waals surface area contributed by atoms with Crippen molar-refractivity contribution in [1.29, 1.82) is 0 Å². The molecule has 348 valence electrons. The molecule has 6 heterocycles. The van der Waals surface area contributed by atoms with Crippen LogP contribution in [0.5, 0.6) is 11.5 Å². The van der Waals surface area contributed by atoms with E-state index in [9.17, 15) is 0 Å². The minimum atomic E-state index is 0.00441. The van der Waals surface area contributed by atoms with Gasteiger partial charge in [-0.3, -0.25) is 0 Å². The van der Waals surface area contributed by atoms with Gasteiger partial charge in [0.15, 0.2) is 0 Å². The molecule has 2 aliphatic heterocycles. The van der Waals surface area contributed by atoms with Gasteiger partial charge in [-0.25, -0.2) is 0 Å². The number of nitrogens with zero attached hydrogens (tertiary/aromatic N) is 4. The summed E-state index contributed by atoms with van der Waals surface area (Å²) < 4.78 is 21.3. The van der Waals surface area contributed by atoms with E-state index >= 15 is 0 Å². The summed E-state index contributed by atoms with van der Waals surface area (Å²) in [6, 6.07) is 54.5. The second-order valence-corrected chi connectivity index (χ2v) is 24.0. The summed E-state index contributed by atoms with van der Waals surface area (Å²) in [6.45, 7) is 0.00441. The van der Waals surface area contributed by atoms with Crippen molar-refractivity contribution in [2.75, 3.05) is 0 Å². The fourth-order valence-electron chi connectivity index (χ4n) is 15.1. The van der Waals surface area contributed by atoms with Crippen molar-refractivity contribution in [3.63, 3.8) is 0 Å². The third-order valence-corrected chi connectivity index (χ3v) is 20.4. The van der Waals surface area contributed by atoms with E-state index < -0.39 is 0 Å². The van der Waals surface area contributed by atoms with Crippen molar-refractivity contribution in [1.82, 2.24) is 18.3 Å². The van der Waals surface area contributed by atoms with Gasteiger partial charge >= 0.3 is 429 Å². The molecule has 0 saturated carbocycles. The number of hydrogen-bond acceptors (Lipinski definition) is 1. The average molecular weight is 996 g/mol. The molecule has 0 saturated heterocycles. The molecule has 0 bridgehead atoms. The van der Waals surface area contributed by atoms with E-state index in [2.05, 4.69) is 158 Å². The molecule has 17 rings (SSSR count). The zero-order valence-electron chi connectivity index (χ0n) is 40.6. The van der Waals surface area contributed by atoms with Crippen LogP contribution in [0.1, 0.15) is 90.0 Å². The third-order valence-electron chi connectivity index (χ3n) is 18.0. The summed E-state index contributed by atoms with van der Waals surface area (Å²) in [4.78, 5) is 0. The topological polar surface area (TPSA) is 28.9 Å². The Hall–Kier alpha value is -6.92. The molecule has 0 unspecified atom stereocenters. The Morgan fingerprint density at radius 3 is 1.44 bits per heavy atom. The van der Waals surface area contributed by atoms with Crippen LogP contribution >= 0.6 is 0 Å². The van der Waals surface area contributed by atoms with E-state index in [4.69, 9.17) is 4.74 Å². The predicted molar refractivity (Wildman–Crippen MR) is 298 cm³/mol. The van der Waals surface area contributed by atoms with Crippen LogP contribution in [0.4, 0.5) is 0 Å². The molecule has 4 aromatic heterocycles. The van der Waals surface area contributed by atoms with E-state index in [1.54, 1.807) is 11.1 Å². The van der Waals surface area contributed by atoms with Crippen LogP contribution in [0.15, 0.2) is 140 Å². The van der Waals surface area contributed by atoms with Gasteiger partial charge in [-0.2, -0.15) is 0 Å². The van der Waals surface area contributed by atoms with Gasteiger partial charge in [0.1, 0.15) is 0 Å². The Labute approximate surface area is 426 Å². The predicted octanol–water partition coefficient (Wildman–Crippen LogP) is 11.2. The van der Waals surface area contributed by atoms with Gasteiger partial charge in [-0.1, -0.05) is 0 Å². The van der Waals surface area contributed by atoms with Crippen molar-refractivity contribution in [2.45, 2.75) is 96.3 Å². The SMILES string of the molecule is c1ccc2c(c1)c1c(n2-c2cc3c4c(c2)[Se]c2cc(-n5c6c(c7ccccc75)CCCC6)ccc2B4c2cc(-n4c5c(c6ccccc64)CCC5)cc(-n4c5c(c6ccccc64)CCC5)c2O3)CCCCC1. The summed E-state index contributed by atoms with van der Waals surface area (Å²) in [5.74, 6) is 2.03. The van der Waals surface area contributed by atoms with E-state index in [0.717, 1.165) is 62.9 Å². The van der Waals surface area contributed by atoms with E-state index in [0.29, 0.717) is 0 Å². The van der Waals surface area contributed by atoms with Crippen LogP contribution in [0.25, 0.3) is 66.4 Å². The summed E-state index contributed by atoms with van der Waals surface area (Å²) in [6.07, 6.45) is 17.6. The van der Waals surface area contributed by atoms with Crippen LogP contribution in [-0.2, 0) is 51.4 Å². The molecule has 6 aliphatic rings. The first kappa shape index (κ1) is 40.7. The molecular weight excluding hydrogens is 943 g/mol. The van der Waals surface area contributed by atoms with Gasteiger partial charge < -0.3 is 0 Å². The molecule has 11 aromatic rings. The molecule has 0 radical (unpaired) electrons. The molecular formula is C65H53BN4OSe. The van der Waals surface area contributed by atoms with Crippen molar-refractivity contribution < 1.29 is 4.74 Å². The Balaban J connectivity index is 0.965. The van der Waals surface area contributed by atoms with Gasteiger partial charge in [-0.05, 0) is 0 Å². The normalized spacial score (nSPS) is 16.4. The molecule has 0 spiro atoms. The number of benzene rings is 7. The zero-order valence-corrected chi connectivity index (χ0v) is 42.3. The van der Waals surface area contributed by atoms with Crippen LogP contribution in [0.3, 0.4) is 0 Å². The molecule has 4 aliphatic carbocycles. The number of aromatic nitrogens is 4. The van der Waals surface area contributed by atoms with Gasteiger partial charge in [0.2, 0.25) is 0 Å². The van der Waals surface area contributed by atoms with Crippen LogP contribution < -0.4 is 30.0 Å². The molecule has 0 atom stereocenters. The Bertz CT molecular complexity index is 4180. The minimum absolute atomic E-state index is 0.00441. The number of hydrogen-bond donors (Lipinski definition) is 0. The molecule has 0 N–H and O–H groups in total. The van der Waals surface area contributed by atoms with Crippen LogP contribution in [0.2, 0.25) is 0 Å². The standard InChI is InChI=1S/C65H53BN4OSe/c1-2-16-42-45-19-6-12-28-56(45)69(54(42)24-3-1)41-36-61-64-63(38-41)72-62-37-39(67-52-25-9-4-17-43(52)44-18-5-10-26-53(44)67)32-33-50(62)66(64)51-34-40(68-55-27-11-7-20-46(55)48-22-14-30-57(48)68)35-60(65(51)71-61)70-58-29-13-8-21-47(58)49-23-15-31-59(49)70/h4,6-9,11-13,17,19-21,25,27-29,32-38H,1-3,5,10,14-16,18,22-24,26,30-31H2. The van der Waals surface area contributed by atoms with E-state index in [1.807, 2.05) is 0 Å². The van der Waals surface area contributed by atoms with Crippen molar-refractivity contribution in [2.24, 2.45) is 0 Å². The molecule has 5 nitrogen and oxygen atoms in total. The van der Waals surface area contributed by atoms with Crippen LogP contribution in [-0.4, -0.2) is 39.9 Å². The Kier molecular flexibility index (Phi) is 8.64. The monoisotopic (exact) mass is 996 g/mol. The zero-order chi connectivity index (χ0) is 46.8. The summed E-state index contributed by atoms with van der Waals surface area (Å²) >= 11 is 0.0288. The summed E-state index contributed by atoms with van der Waals surface area (Å²) in [5.41, 5.74) is 26.4. The van der Waals surface area contributed by atoms with Gasteiger partial charge in [0, 0.05) is 0 Å². The number of aryl methyl sites for hydroxylation is 4. The van der Waals surface area contributed by atoms with Gasteiger partial charge in [0.05, 0.1) is 0 Å². The Morgan fingerprint density at radius 1 is 0.375 bits per heavy atom. The number of para-hydroxylation sites is 4. The van der Waals surface area contributed by atoms with Gasteiger partial charge in [0.25, 0.3) is 0 Å². The second kappa shape index (κ2) is 15.3. The Morgan fingerprint density at radius 2 is 0.833 bits per heavy atom. The molecule has 7 aromatic carbocycles. The first-order valence-electron chi connectivity index (χ1n) is 27.1. The van der Waals surface area contributed by atoms with Gasteiger partial charge in [-0.15, -0.1) is 0 Å². The first-order valence-corrected chi connectivity index (χ1v) is 28.8. The third kappa shape index (κ3) is 5.56. The first-order chi connectivity index (χ1) is 35.7. The second-order valence-electron chi connectivity index (χ2n) is 21.7. The van der Waals surface area contributed by atoms with Crippen molar-refractivity contribution in [3.8, 4) is 34.2 Å². The van der Waals surface area contributed by atoms with Crippen molar-refractivity contribution in [3.05, 3.63) is 185 Å². The van der Waals surface area contributed by atoms with Crippen molar-refractivity contribution >= 4 is 90.6 Å². The number of rotatable bonds is 4. The molecule has 0 fully saturated rings. The van der Waals surface area contributed by atoms with E-state index in [-0.39, 0.29) is 21.7 Å². The van der Waals surface area contributed by atoms with E-state index in [1.165, 1.54) is 171 Å². The molecule has 72 heavy (non-hydrogen) atoms. The quantitative estimate of drug-likeness (QED) is 0.128. The maximum absolute atomic E-state index is 7.83. The summed E-state index contributed by atoms with van der Waals surface area (Å²) in [7, 11) is 0. The fourth-order valence-corrected chi connectivity index (χ4v) is 17.7. The molecule has 0 amide bonds. The number of fused-ring (bicyclic) bond motifs is 16. The number of ether oxygens (including phenoxy) is 1. The maximum atomic E-state index is 7.83. The molecule has 7 heteroatoms. The summed E-state index contributed by atoms with van der Waals surface area (Å²) in [5, 5.41) is 5.64. The van der Waals surface area contributed by atoms with Crippen LogP contribution in [0, 0.1) is 0 Å². The fraction of sp³-hybridized carbons (Fsp3) is 0.231. The average Bonchev–Trinajstić information content (AvgIpc) is 4.27.